The molecular weight excluding hydrogens is 293 g/mol. The predicted octanol–water partition coefficient (Wildman–Crippen LogP) is 2.63. The summed E-state index contributed by atoms with van der Waals surface area (Å²) >= 11 is 0. The van der Waals surface area contributed by atoms with Gasteiger partial charge in [-0.3, -0.25) is 4.90 Å². The molecule has 1 N–H and O–H groups in total. The minimum atomic E-state index is -4.29. The molecule has 0 saturated carbocycles. The van der Waals surface area contributed by atoms with Crippen LogP contribution < -0.4 is 10.1 Å². The van der Waals surface area contributed by atoms with Crippen LogP contribution in [0.15, 0.2) is 24.3 Å². The lowest BCUT2D eigenvalue weighted by Gasteiger charge is -2.36. The van der Waals surface area contributed by atoms with Gasteiger partial charge in [-0.1, -0.05) is 12.1 Å². The first kappa shape index (κ1) is 17.1. The number of nitrogens with one attached hydrogen (secondary N) is 1. The maximum Gasteiger partial charge on any atom is 0.408 e. The summed E-state index contributed by atoms with van der Waals surface area (Å²) in [5.74, 6) is 0.446. The molecular formula is C13H18ClF3N2O. The van der Waals surface area contributed by atoms with E-state index in [2.05, 4.69) is 5.32 Å². The Bertz CT molecular complexity index is 422. The van der Waals surface area contributed by atoms with E-state index in [1.807, 2.05) is 0 Å². The third kappa shape index (κ3) is 4.01. The largest absolute Gasteiger partial charge is 0.497 e. The average molecular weight is 311 g/mol. The number of piperazine rings is 1. The van der Waals surface area contributed by atoms with Gasteiger partial charge < -0.3 is 10.1 Å². The van der Waals surface area contributed by atoms with Gasteiger partial charge in [-0.05, 0) is 17.7 Å². The molecule has 1 atom stereocenters. The van der Waals surface area contributed by atoms with Crippen LogP contribution in [0, 0.1) is 0 Å². The van der Waals surface area contributed by atoms with Crippen LogP contribution in [0.3, 0.4) is 0 Å². The Balaban J connectivity index is 0.00000200. The Kier molecular flexibility index (Phi) is 6.10. The van der Waals surface area contributed by atoms with Gasteiger partial charge in [0, 0.05) is 26.2 Å². The summed E-state index contributed by atoms with van der Waals surface area (Å²) in [6.07, 6.45) is -4.29. The van der Waals surface area contributed by atoms with E-state index in [1.54, 1.807) is 12.1 Å². The number of hydrogen-bond acceptors (Lipinski definition) is 3. The lowest BCUT2D eigenvalue weighted by Crippen LogP contribution is -2.49. The first-order valence-electron chi connectivity index (χ1n) is 6.18. The van der Waals surface area contributed by atoms with Crippen molar-refractivity contribution in [3.8, 4) is 5.75 Å². The second kappa shape index (κ2) is 7.15. The fraction of sp³-hybridized carbons (Fsp3) is 0.538. The predicted molar refractivity (Wildman–Crippen MR) is 73.5 cm³/mol. The highest BCUT2D eigenvalue weighted by Crippen LogP contribution is 2.38. The number of nitrogens with zero attached hydrogens (tertiary/aromatic N) is 1. The van der Waals surface area contributed by atoms with Crippen LogP contribution in [0.5, 0.6) is 5.75 Å². The lowest BCUT2D eigenvalue weighted by atomic mass is 10.0. The molecule has 0 amide bonds. The van der Waals surface area contributed by atoms with Crippen molar-refractivity contribution in [2.45, 2.75) is 12.2 Å². The molecule has 0 aliphatic carbocycles. The molecule has 0 spiro atoms. The van der Waals surface area contributed by atoms with Crippen molar-refractivity contribution >= 4 is 12.4 Å². The molecule has 0 bridgehead atoms. The Labute approximate surface area is 122 Å². The van der Waals surface area contributed by atoms with Gasteiger partial charge in [-0.25, -0.2) is 0 Å². The van der Waals surface area contributed by atoms with Crippen LogP contribution in [0.1, 0.15) is 11.6 Å². The van der Waals surface area contributed by atoms with Crippen molar-refractivity contribution in [2.75, 3.05) is 33.3 Å². The monoisotopic (exact) mass is 310 g/mol. The molecule has 1 heterocycles. The third-order valence-corrected chi connectivity index (χ3v) is 3.24. The van der Waals surface area contributed by atoms with Crippen molar-refractivity contribution in [1.82, 2.24) is 10.2 Å². The molecule has 0 unspecified atom stereocenters. The molecule has 1 aliphatic heterocycles. The Morgan fingerprint density at radius 2 is 1.90 bits per heavy atom. The Hall–Kier alpha value is -0.980. The fourth-order valence-electron chi connectivity index (χ4n) is 2.36. The molecule has 1 aromatic carbocycles. The number of hydrogen-bond donors (Lipinski definition) is 1. The number of halogens is 4. The number of ether oxygens (including phenoxy) is 1. The second-order valence-corrected chi connectivity index (χ2v) is 4.51. The summed E-state index contributed by atoms with van der Waals surface area (Å²) in [5.41, 5.74) is 0.230. The maximum absolute atomic E-state index is 13.3. The van der Waals surface area contributed by atoms with E-state index in [9.17, 15) is 13.2 Å². The van der Waals surface area contributed by atoms with Gasteiger partial charge in [0.05, 0.1) is 7.11 Å². The highest BCUT2D eigenvalue weighted by atomic mass is 35.5. The standard InChI is InChI=1S/C13H17F3N2O.ClH/c1-19-11-4-2-3-10(9-11)12(13(14,15)16)18-7-5-17-6-8-18;/h2-4,9,12,17H,5-8H2,1H3;1H/t12-;/m1./s1. The third-order valence-electron chi connectivity index (χ3n) is 3.24. The zero-order chi connectivity index (χ0) is 13.9. The first-order chi connectivity index (χ1) is 9.02. The minimum absolute atomic E-state index is 0. The maximum atomic E-state index is 13.3. The van der Waals surface area contributed by atoms with Gasteiger partial charge >= 0.3 is 6.18 Å². The molecule has 20 heavy (non-hydrogen) atoms. The molecule has 0 aromatic heterocycles. The first-order valence-corrected chi connectivity index (χ1v) is 6.18. The molecule has 1 fully saturated rings. The highest BCUT2D eigenvalue weighted by Gasteiger charge is 2.44. The number of rotatable bonds is 3. The van der Waals surface area contributed by atoms with Crippen molar-refractivity contribution in [2.24, 2.45) is 0 Å². The number of methoxy groups -OCH3 is 1. The summed E-state index contributed by atoms with van der Waals surface area (Å²) in [7, 11) is 1.45. The summed E-state index contributed by atoms with van der Waals surface area (Å²) in [4.78, 5) is 1.46. The zero-order valence-electron chi connectivity index (χ0n) is 11.1. The molecule has 0 radical (unpaired) electrons. The molecule has 1 aliphatic rings. The van der Waals surface area contributed by atoms with Gasteiger partial charge in [-0.15, -0.1) is 12.4 Å². The van der Waals surface area contributed by atoms with E-state index < -0.39 is 12.2 Å². The van der Waals surface area contributed by atoms with E-state index in [0.29, 0.717) is 31.9 Å². The summed E-state index contributed by atoms with van der Waals surface area (Å²) < 4.78 is 45.0. The smallest absolute Gasteiger partial charge is 0.408 e. The summed E-state index contributed by atoms with van der Waals surface area (Å²) in [6.45, 7) is 1.94. The second-order valence-electron chi connectivity index (χ2n) is 4.51. The van der Waals surface area contributed by atoms with E-state index in [0.717, 1.165) is 0 Å². The van der Waals surface area contributed by atoms with Crippen LogP contribution >= 0.6 is 12.4 Å². The summed E-state index contributed by atoms with van der Waals surface area (Å²) in [6, 6.07) is 4.64. The van der Waals surface area contributed by atoms with Crippen LogP contribution in [-0.4, -0.2) is 44.4 Å². The summed E-state index contributed by atoms with van der Waals surface area (Å²) in [5, 5.41) is 3.06. The van der Waals surface area contributed by atoms with Gasteiger partial charge in [0.1, 0.15) is 11.8 Å². The van der Waals surface area contributed by atoms with Gasteiger partial charge in [-0.2, -0.15) is 13.2 Å². The van der Waals surface area contributed by atoms with Crippen LogP contribution in [0.25, 0.3) is 0 Å². The van der Waals surface area contributed by atoms with Gasteiger partial charge in [0.25, 0.3) is 0 Å². The molecule has 114 valence electrons. The molecule has 1 saturated heterocycles. The molecule has 2 rings (SSSR count). The molecule has 7 heteroatoms. The van der Waals surface area contributed by atoms with E-state index in [1.165, 1.54) is 24.1 Å². The van der Waals surface area contributed by atoms with Crippen molar-refractivity contribution in [1.29, 1.82) is 0 Å². The van der Waals surface area contributed by atoms with E-state index in [4.69, 9.17) is 4.74 Å². The SMILES string of the molecule is COc1cccc([C@@H](N2CCNCC2)C(F)(F)F)c1.Cl. The minimum Gasteiger partial charge on any atom is -0.497 e. The fourth-order valence-corrected chi connectivity index (χ4v) is 2.36. The molecule has 1 aromatic rings. The zero-order valence-corrected chi connectivity index (χ0v) is 11.9. The number of alkyl halides is 3. The van der Waals surface area contributed by atoms with Crippen LogP contribution in [-0.2, 0) is 0 Å². The normalized spacial score (nSPS) is 18.2. The van der Waals surface area contributed by atoms with Crippen molar-refractivity contribution in [3.05, 3.63) is 29.8 Å². The Morgan fingerprint density at radius 3 is 2.45 bits per heavy atom. The Morgan fingerprint density at radius 1 is 1.25 bits per heavy atom. The van der Waals surface area contributed by atoms with Gasteiger partial charge in [0.2, 0.25) is 0 Å². The topological polar surface area (TPSA) is 24.5 Å². The van der Waals surface area contributed by atoms with Gasteiger partial charge in [0.15, 0.2) is 0 Å². The van der Waals surface area contributed by atoms with Crippen LogP contribution in [0.4, 0.5) is 13.2 Å². The van der Waals surface area contributed by atoms with E-state index >= 15 is 0 Å². The van der Waals surface area contributed by atoms with E-state index in [-0.39, 0.29) is 18.0 Å². The van der Waals surface area contributed by atoms with Crippen molar-refractivity contribution in [3.63, 3.8) is 0 Å². The quantitative estimate of drug-likeness (QED) is 0.929. The van der Waals surface area contributed by atoms with Crippen molar-refractivity contribution < 1.29 is 17.9 Å². The average Bonchev–Trinajstić information content (AvgIpc) is 2.39. The number of benzene rings is 1. The highest BCUT2D eigenvalue weighted by molar-refractivity contribution is 5.85. The van der Waals surface area contributed by atoms with Crippen LogP contribution in [0.2, 0.25) is 0 Å². The molecule has 3 nitrogen and oxygen atoms in total. The lowest BCUT2D eigenvalue weighted by molar-refractivity contribution is -0.187.